The summed E-state index contributed by atoms with van der Waals surface area (Å²) in [5.74, 6) is 0. The maximum Gasteiger partial charge on any atom is 0 e. The Morgan fingerprint density at radius 2 is 1.47 bits per heavy atom. The smallest absolute Gasteiger partial charge is 0 e. The fourth-order valence-electron chi connectivity index (χ4n) is 1.10. The average Bonchev–Trinajstić information content (AvgIpc) is 2.92. The van der Waals surface area contributed by atoms with E-state index in [-0.39, 0.29) is 17.1 Å². The maximum absolute atomic E-state index is 5.29. The van der Waals surface area contributed by atoms with E-state index >= 15 is 0 Å². The number of nitrogens with two attached hydrogens (primary N) is 2. The minimum atomic E-state index is 0. The van der Waals surface area contributed by atoms with Crippen LogP contribution < -0.4 is 11.5 Å². The topological polar surface area (TPSA) is 52.0 Å². The van der Waals surface area contributed by atoms with Crippen LogP contribution in [0.1, 0.15) is 11.1 Å². The zero-order valence-electron chi connectivity index (χ0n) is 8.54. The predicted molar refractivity (Wildman–Crippen MR) is 59.9 cm³/mol. The Morgan fingerprint density at radius 1 is 0.933 bits per heavy atom. The first kappa shape index (κ1) is 14.1. The standard InChI is InChI=1S/2C6H8N.Fe/c2*7-5-6-3-1-2-4-6;/h2*1-4H,5,7H2;/q-5;-1;. The second-order valence-electron chi connectivity index (χ2n) is 2.99. The van der Waals surface area contributed by atoms with Gasteiger partial charge in [0.2, 0.25) is 0 Å². The Morgan fingerprint density at radius 3 is 1.73 bits per heavy atom. The van der Waals surface area contributed by atoms with Crippen molar-refractivity contribution in [2.24, 2.45) is 11.5 Å². The first-order valence-electron chi connectivity index (χ1n) is 4.68. The minimum Gasteiger partial charge on any atom is -0.748 e. The van der Waals surface area contributed by atoms with E-state index in [0.29, 0.717) is 13.1 Å². The molecule has 88 valence electrons. The molecular weight excluding hydrogens is 228 g/mol. The van der Waals surface area contributed by atoms with Gasteiger partial charge >= 0.3 is 0 Å². The van der Waals surface area contributed by atoms with Gasteiger partial charge < -0.3 is 41.3 Å². The second kappa shape index (κ2) is 8.45. The van der Waals surface area contributed by atoms with Crippen LogP contribution in [0.2, 0.25) is 0 Å². The van der Waals surface area contributed by atoms with Crippen LogP contribution in [0.5, 0.6) is 0 Å². The SMILES string of the molecule is NC[c-]1[cH-][cH-][cH-][cH-]1.NC[c-]1cccc1.[Fe]. The second-order valence-corrected chi connectivity index (χ2v) is 2.99. The molecule has 0 aliphatic heterocycles. The number of hydrogen-bond donors (Lipinski definition) is 2. The van der Waals surface area contributed by atoms with Crippen LogP contribution >= 0.6 is 0 Å². The quantitative estimate of drug-likeness (QED) is 0.624. The van der Waals surface area contributed by atoms with Crippen molar-refractivity contribution in [2.75, 3.05) is 0 Å². The molecule has 15 heavy (non-hydrogen) atoms. The summed E-state index contributed by atoms with van der Waals surface area (Å²) >= 11 is 0. The van der Waals surface area contributed by atoms with Crippen molar-refractivity contribution in [1.29, 1.82) is 0 Å². The molecule has 0 aliphatic carbocycles. The van der Waals surface area contributed by atoms with Crippen molar-refractivity contribution >= 4 is 0 Å². The van der Waals surface area contributed by atoms with E-state index < -0.39 is 0 Å². The van der Waals surface area contributed by atoms with Gasteiger partial charge in [0.1, 0.15) is 0 Å². The Balaban J connectivity index is 0.000000245. The molecular formula is C12H16FeN2-6. The Kier molecular flexibility index (Phi) is 7.96. The summed E-state index contributed by atoms with van der Waals surface area (Å²) in [5, 5.41) is 0. The molecule has 0 unspecified atom stereocenters. The Bertz CT molecular complexity index is 277. The molecule has 2 rings (SSSR count). The van der Waals surface area contributed by atoms with Gasteiger partial charge in [-0.3, -0.25) is 0 Å². The fraction of sp³-hybridized carbons (Fsp3) is 0.167. The van der Waals surface area contributed by atoms with Crippen LogP contribution in [0, 0.1) is 0 Å². The van der Waals surface area contributed by atoms with Gasteiger partial charge in [0.15, 0.2) is 0 Å². The van der Waals surface area contributed by atoms with Crippen LogP contribution in [0.4, 0.5) is 0 Å². The van der Waals surface area contributed by atoms with Crippen molar-refractivity contribution in [3.63, 3.8) is 0 Å². The van der Waals surface area contributed by atoms with E-state index in [2.05, 4.69) is 0 Å². The third-order valence-corrected chi connectivity index (χ3v) is 1.93. The Hall–Kier alpha value is -0.861. The van der Waals surface area contributed by atoms with E-state index in [1.54, 1.807) is 0 Å². The van der Waals surface area contributed by atoms with Crippen molar-refractivity contribution in [2.45, 2.75) is 13.1 Å². The molecule has 0 saturated heterocycles. The summed E-state index contributed by atoms with van der Waals surface area (Å²) in [4.78, 5) is 0. The molecule has 0 amide bonds. The van der Waals surface area contributed by atoms with Crippen molar-refractivity contribution < 1.29 is 17.1 Å². The first-order chi connectivity index (χ1) is 6.86. The van der Waals surface area contributed by atoms with Crippen LogP contribution in [0.25, 0.3) is 0 Å². The molecule has 0 fully saturated rings. The average molecular weight is 244 g/mol. The molecule has 0 aromatic heterocycles. The van der Waals surface area contributed by atoms with Crippen LogP contribution in [-0.2, 0) is 30.2 Å². The fourth-order valence-corrected chi connectivity index (χ4v) is 1.10. The van der Waals surface area contributed by atoms with Gasteiger partial charge in [-0.25, -0.2) is 12.1 Å². The van der Waals surface area contributed by atoms with Gasteiger partial charge in [-0.1, -0.05) is 0 Å². The largest absolute Gasteiger partial charge is 0.748 e. The van der Waals surface area contributed by atoms with Gasteiger partial charge in [0.25, 0.3) is 0 Å². The Labute approximate surface area is 101 Å². The summed E-state index contributed by atoms with van der Waals surface area (Å²) in [6.45, 7) is 1.32. The third-order valence-electron chi connectivity index (χ3n) is 1.93. The van der Waals surface area contributed by atoms with Gasteiger partial charge in [0, 0.05) is 17.1 Å². The van der Waals surface area contributed by atoms with Crippen LogP contribution in [-0.4, -0.2) is 0 Å². The molecule has 2 aromatic carbocycles. The van der Waals surface area contributed by atoms with Gasteiger partial charge in [-0.2, -0.15) is 18.7 Å². The van der Waals surface area contributed by atoms with E-state index in [4.69, 9.17) is 11.5 Å². The summed E-state index contributed by atoms with van der Waals surface area (Å²) in [7, 11) is 0. The number of hydrogen-bond acceptors (Lipinski definition) is 2. The summed E-state index contributed by atoms with van der Waals surface area (Å²) < 4.78 is 0. The predicted octanol–water partition coefficient (Wildman–Crippen LogP) is 1.73. The molecule has 2 nitrogen and oxygen atoms in total. The van der Waals surface area contributed by atoms with Gasteiger partial charge in [0.05, 0.1) is 0 Å². The zero-order chi connectivity index (χ0) is 10.2. The van der Waals surface area contributed by atoms with Crippen molar-refractivity contribution in [3.8, 4) is 0 Å². The number of rotatable bonds is 2. The van der Waals surface area contributed by atoms with E-state index in [9.17, 15) is 0 Å². The molecule has 4 N–H and O–H groups in total. The summed E-state index contributed by atoms with van der Waals surface area (Å²) in [6.07, 6.45) is 0. The molecule has 0 saturated carbocycles. The van der Waals surface area contributed by atoms with Gasteiger partial charge in [-0.15, -0.1) is 5.56 Å². The van der Waals surface area contributed by atoms with E-state index in [0.717, 1.165) is 0 Å². The maximum atomic E-state index is 5.29. The van der Waals surface area contributed by atoms with Gasteiger partial charge in [-0.05, 0) is 6.54 Å². The summed E-state index contributed by atoms with van der Waals surface area (Å²) in [6, 6.07) is 16.0. The molecule has 0 spiro atoms. The molecule has 0 heterocycles. The molecule has 0 aliphatic rings. The van der Waals surface area contributed by atoms with Crippen LogP contribution in [0.3, 0.4) is 0 Å². The van der Waals surface area contributed by atoms with E-state index in [1.165, 1.54) is 11.1 Å². The molecule has 3 heteroatoms. The molecule has 0 atom stereocenters. The minimum absolute atomic E-state index is 0. The third kappa shape index (κ3) is 5.55. The first-order valence-corrected chi connectivity index (χ1v) is 4.68. The molecule has 0 bridgehead atoms. The summed E-state index contributed by atoms with van der Waals surface area (Å²) in [5.41, 5.74) is 13.0. The van der Waals surface area contributed by atoms with Crippen LogP contribution in [0.15, 0.2) is 48.5 Å². The monoisotopic (exact) mass is 244 g/mol. The van der Waals surface area contributed by atoms with E-state index in [1.807, 2.05) is 48.5 Å². The van der Waals surface area contributed by atoms with Crippen molar-refractivity contribution in [3.05, 3.63) is 59.7 Å². The molecule has 0 radical (unpaired) electrons. The molecule has 2 aromatic rings. The van der Waals surface area contributed by atoms with Crippen molar-refractivity contribution in [1.82, 2.24) is 0 Å². The normalized spacial score (nSPS) is 8.67. The zero-order valence-corrected chi connectivity index (χ0v) is 9.65.